The molecule has 0 saturated carbocycles. The van der Waals surface area contributed by atoms with E-state index in [-0.39, 0.29) is 5.82 Å². The van der Waals surface area contributed by atoms with Crippen LogP contribution in [0.25, 0.3) is 11.1 Å². The molecule has 37 heavy (non-hydrogen) atoms. The normalized spacial score (nSPS) is 17.6. The van der Waals surface area contributed by atoms with Gasteiger partial charge in [-0.2, -0.15) is 18.3 Å². The standard InChI is InChI=1S/C28H26F4N2O3/c1-16-12-20(23-14-22(37-3)10-11-24(23)29)7-6-19(16)13-18-4-8-21(9-5-18)34-25(15-26(35)36)17(2)27(33-34)28(30,31)32/h4-12,14,17,25H,13,15H2,1-3H3,(H,35,36). The molecule has 2 atom stereocenters. The summed E-state index contributed by atoms with van der Waals surface area (Å²) in [5, 5.41) is 14.1. The Bertz CT molecular complexity index is 1340. The van der Waals surface area contributed by atoms with Crippen molar-refractivity contribution in [2.24, 2.45) is 11.0 Å². The zero-order valence-electron chi connectivity index (χ0n) is 20.5. The molecule has 0 bridgehead atoms. The summed E-state index contributed by atoms with van der Waals surface area (Å²) in [6.45, 7) is 3.28. The van der Waals surface area contributed by atoms with Crippen molar-refractivity contribution in [1.82, 2.24) is 0 Å². The number of benzene rings is 3. The lowest BCUT2D eigenvalue weighted by Gasteiger charge is -2.25. The minimum Gasteiger partial charge on any atom is -0.497 e. The van der Waals surface area contributed by atoms with Gasteiger partial charge in [0.15, 0.2) is 0 Å². The van der Waals surface area contributed by atoms with E-state index in [0.29, 0.717) is 23.4 Å². The first-order valence-corrected chi connectivity index (χ1v) is 11.7. The van der Waals surface area contributed by atoms with Crippen molar-refractivity contribution in [2.75, 3.05) is 12.1 Å². The van der Waals surface area contributed by atoms with Crippen molar-refractivity contribution in [3.63, 3.8) is 0 Å². The Morgan fingerprint density at radius 1 is 1.08 bits per heavy atom. The molecule has 3 aromatic rings. The minimum absolute atomic E-state index is 0.350. The van der Waals surface area contributed by atoms with Gasteiger partial charge in [-0.05, 0) is 65.9 Å². The van der Waals surface area contributed by atoms with Gasteiger partial charge in [0.2, 0.25) is 0 Å². The number of anilines is 1. The topological polar surface area (TPSA) is 62.1 Å². The number of nitrogens with zero attached hydrogens (tertiary/aromatic N) is 2. The number of methoxy groups -OCH3 is 1. The molecule has 0 amide bonds. The molecule has 5 nitrogen and oxygen atoms in total. The van der Waals surface area contributed by atoms with Crippen LogP contribution in [0.15, 0.2) is 65.8 Å². The summed E-state index contributed by atoms with van der Waals surface area (Å²) in [7, 11) is 1.52. The fraction of sp³-hybridized carbons (Fsp3) is 0.286. The molecule has 0 spiro atoms. The molecule has 1 aliphatic heterocycles. The van der Waals surface area contributed by atoms with Crippen molar-refractivity contribution in [3.8, 4) is 16.9 Å². The Labute approximate surface area is 212 Å². The van der Waals surface area contributed by atoms with E-state index in [4.69, 9.17) is 4.74 Å². The Morgan fingerprint density at radius 2 is 1.78 bits per heavy atom. The molecule has 4 rings (SSSR count). The molecule has 1 aliphatic rings. The number of carboxylic acid groups (broad SMARTS) is 1. The lowest BCUT2D eigenvalue weighted by Crippen LogP contribution is -2.36. The third kappa shape index (κ3) is 5.60. The molecule has 1 heterocycles. The monoisotopic (exact) mass is 514 g/mol. The van der Waals surface area contributed by atoms with Gasteiger partial charge in [0.25, 0.3) is 0 Å². The molecular formula is C28H26F4N2O3. The molecule has 0 aliphatic carbocycles. The lowest BCUT2D eigenvalue weighted by molar-refractivity contribution is -0.137. The minimum atomic E-state index is -4.64. The Balaban J connectivity index is 1.55. The maximum atomic E-state index is 14.4. The van der Waals surface area contributed by atoms with Crippen LogP contribution in [-0.4, -0.2) is 36.1 Å². The summed E-state index contributed by atoms with van der Waals surface area (Å²) in [5.41, 5.74) is 3.45. The summed E-state index contributed by atoms with van der Waals surface area (Å²) in [6, 6.07) is 16.2. The number of hydrogen-bond acceptors (Lipinski definition) is 4. The van der Waals surface area contributed by atoms with Crippen molar-refractivity contribution in [2.45, 2.75) is 38.9 Å². The molecule has 2 unspecified atom stereocenters. The average molecular weight is 515 g/mol. The highest BCUT2D eigenvalue weighted by Crippen LogP contribution is 2.36. The predicted octanol–water partition coefficient (Wildman–Crippen LogP) is 6.62. The second-order valence-electron chi connectivity index (χ2n) is 9.11. The third-order valence-corrected chi connectivity index (χ3v) is 6.63. The van der Waals surface area contributed by atoms with E-state index in [9.17, 15) is 27.5 Å². The van der Waals surface area contributed by atoms with Crippen LogP contribution in [0.3, 0.4) is 0 Å². The molecular weight excluding hydrogens is 488 g/mol. The van der Waals surface area contributed by atoms with Gasteiger partial charge in [0.1, 0.15) is 17.3 Å². The Morgan fingerprint density at radius 3 is 2.38 bits per heavy atom. The number of rotatable bonds is 7. The number of alkyl halides is 3. The molecule has 3 aromatic carbocycles. The van der Waals surface area contributed by atoms with E-state index in [2.05, 4.69) is 5.10 Å². The van der Waals surface area contributed by atoms with Crippen molar-refractivity contribution >= 4 is 17.4 Å². The zero-order valence-corrected chi connectivity index (χ0v) is 20.5. The fourth-order valence-electron chi connectivity index (χ4n) is 4.58. The quantitative estimate of drug-likeness (QED) is 0.360. The molecule has 0 aromatic heterocycles. The van der Waals surface area contributed by atoms with E-state index in [1.807, 2.05) is 25.1 Å². The molecule has 0 fully saturated rings. The first-order chi connectivity index (χ1) is 17.5. The van der Waals surface area contributed by atoms with Crippen molar-refractivity contribution in [3.05, 3.63) is 83.2 Å². The second kappa shape index (κ2) is 10.2. The smallest absolute Gasteiger partial charge is 0.431 e. The van der Waals surface area contributed by atoms with Gasteiger partial charge in [-0.25, -0.2) is 4.39 Å². The van der Waals surface area contributed by atoms with E-state index in [1.54, 1.807) is 36.4 Å². The maximum absolute atomic E-state index is 14.4. The highest BCUT2D eigenvalue weighted by atomic mass is 19.4. The van der Waals surface area contributed by atoms with Gasteiger partial charge in [-0.1, -0.05) is 37.3 Å². The predicted molar refractivity (Wildman–Crippen MR) is 134 cm³/mol. The second-order valence-corrected chi connectivity index (χ2v) is 9.11. The number of hydrogen-bond donors (Lipinski definition) is 1. The first kappa shape index (κ1) is 26.2. The number of carboxylic acids is 1. The van der Waals surface area contributed by atoms with Crippen molar-refractivity contribution < 1.29 is 32.2 Å². The lowest BCUT2D eigenvalue weighted by atomic mass is 9.94. The van der Waals surface area contributed by atoms with Gasteiger partial charge in [-0.15, -0.1) is 0 Å². The van der Waals surface area contributed by atoms with E-state index in [0.717, 1.165) is 27.3 Å². The third-order valence-electron chi connectivity index (χ3n) is 6.63. The number of aliphatic carboxylic acids is 1. The summed E-state index contributed by atoms with van der Waals surface area (Å²) in [6.07, 6.45) is -4.55. The number of carbonyl (C=O) groups is 1. The largest absolute Gasteiger partial charge is 0.497 e. The Kier molecular flexibility index (Phi) is 7.25. The van der Waals surface area contributed by atoms with Crippen LogP contribution in [0.4, 0.5) is 23.2 Å². The van der Waals surface area contributed by atoms with Crippen LogP contribution < -0.4 is 9.75 Å². The Hall–Kier alpha value is -3.88. The van der Waals surface area contributed by atoms with Crippen LogP contribution in [0.5, 0.6) is 5.75 Å². The van der Waals surface area contributed by atoms with Crippen LogP contribution in [0, 0.1) is 18.7 Å². The molecule has 1 N–H and O–H groups in total. The van der Waals surface area contributed by atoms with Crippen LogP contribution in [-0.2, 0) is 11.2 Å². The summed E-state index contributed by atoms with van der Waals surface area (Å²) in [4.78, 5) is 11.3. The van der Waals surface area contributed by atoms with Gasteiger partial charge in [-0.3, -0.25) is 9.80 Å². The maximum Gasteiger partial charge on any atom is 0.431 e. The summed E-state index contributed by atoms with van der Waals surface area (Å²) < 4.78 is 59.8. The molecule has 194 valence electrons. The number of ether oxygens (including phenoxy) is 1. The molecule has 0 saturated heterocycles. The summed E-state index contributed by atoms with van der Waals surface area (Å²) in [5.74, 6) is -2.06. The fourth-order valence-corrected chi connectivity index (χ4v) is 4.58. The number of aryl methyl sites for hydroxylation is 1. The van der Waals surface area contributed by atoms with E-state index in [1.165, 1.54) is 20.1 Å². The number of halogens is 4. The van der Waals surface area contributed by atoms with Crippen LogP contribution >= 0.6 is 0 Å². The van der Waals surface area contributed by atoms with Crippen LogP contribution in [0.1, 0.15) is 30.0 Å². The van der Waals surface area contributed by atoms with Gasteiger partial charge in [0.05, 0.1) is 25.3 Å². The highest BCUT2D eigenvalue weighted by molar-refractivity contribution is 5.96. The van der Waals surface area contributed by atoms with E-state index >= 15 is 0 Å². The van der Waals surface area contributed by atoms with Gasteiger partial charge >= 0.3 is 12.1 Å². The van der Waals surface area contributed by atoms with E-state index < -0.39 is 36.2 Å². The van der Waals surface area contributed by atoms with Gasteiger partial charge in [0, 0.05) is 11.5 Å². The molecule has 0 radical (unpaired) electrons. The molecule has 9 heteroatoms. The SMILES string of the molecule is COc1ccc(F)c(-c2ccc(Cc3ccc(N4N=C(C(F)(F)F)C(C)C4CC(=O)O)cc3)c(C)c2)c1. The summed E-state index contributed by atoms with van der Waals surface area (Å²) >= 11 is 0. The highest BCUT2D eigenvalue weighted by Gasteiger charge is 2.48. The zero-order chi connectivity index (χ0) is 26.9. The number of hydrazone groups is 1. The van der Waals surface area contributed by atoms with Crippen molar-refractivity contribution in [1.29, 1.82) is 0 Å². The van der Waals surface area contributed by atoms with Crippen LogP contribution in [0.2, 0.25) is 0 Å². The average Bonchev–Trinajstić information content (AvgIpc) is 3.17. The first-order valence-electron chi connectivity index (χ1n) is 11.7. The van der Waals surface area contributed by atoms with Gasteiger partial charge < -0.3 is 9.84 Å².